The summed E-state index contributed by atoms with van der Waals surface area (Å²) in [7, 11) is 0.895. The average molecular weight is 313 g/mol. The Kier molecular flexibility index (Phi) is 4.81. The lowest BCUT2D eigenvalue weighted by molar-refractivity contribution is -0.0611. The lowest BCUT2D eigenvalue weighted by Gasteiger charge is -2.14. The molecule has 4 nitrogen and oxygen atoms in total. The van der Waals surface area contributed by atoms with E-state index >= 15 is 0 Å². The van der Waals surface area contributed by atoms with Crippen molar-refractivity contribution < 1.29 is 31.2 Å². The van der Waals surface area contributed by atoms with Crippen molar-refractivity contribution in [2.75, 3.05) is 7.11 Å². The number of alkyl halides is 6. The Morgan fingerprint density at radius 3 is 1.57 bits per heavy atom. The van der Waals surface area contributed by atoms with Gasteiger partial charge in [0.15, 0.2) is 5.71 Å². The second-order valence-electron chi connectivity index (χ2n) is 3.64. The summed E-state index contributed by atoms with van der Waals surface area (Å²) in [6.07, 6.45) is -9.85. The van der Waals surface area contributed by atoms with Gasteiger partial charge in [0.05, 0.1) is 0 Å². The zero-order chi connectivity index (χ0) is 16.3. The Morgan fingerprint density at radius 1 is 0.905 bits per heavy atom. The third kappa shape index (κ3) is 4.10. The number of nitrogens with zero attached hydrogens (tertiary/aromatic N) is 2. The molecule has 0 saturated carbocycles. The van der Waals surface area contributed by atoms with Gasteiger partial charge >= 0.3 is 12.4 Å². The summed E-state index contributed by atoms with van der Waals surface area (Å²) in [6, 6.07) is 2.85. The molecule has 0 N–H and O–H groups in total. The molecule has 0 aliphatic heterocycles. The molecular formula is C11H7F6N2O2-. The van der Waals surface area contributed by atoms with Crippen molar-refractivity contribution in [3.8, 4) is 0 Å². The average Bonchev–Trinajstić information content (AvgIpc) is 2.35. The molecule has 0 aliphatic carbocycles. The van der Waals surface area contributed by atoms with Crippen molar-refractivity contribution in [2.24, 2.45) is 10.3 Å². The standard InChI is InChI=1S/C11H8F6N2O2/c1-21-19-9(11(15,16)17)7-4-2-6(3-5-7)8(18-20)10(12,13)14/h2-5,20H,1H3/p-1/b18-8-,19-9-. The summed E-state index contributed by atoms with van der Waals surface area (Å²) >= 11 is 0. The molecule has 0 amide bonds. The molecule has 21 heavy (non-hydrogen) atoms. The van der Waals surface area contributed by atoms with E-state index in [4.69, 9.17) is 0 Å². The molecule has 0 aromatic heterocycles. The van der Waals surface area contributed by atoms with Crippen molar-refractivity contribution in [3.05, 3.63) is 40.6 Å². The maximum Gasteiger partial charge on any atom is 0.437 e. The number of benzene rings is 1. The smallest absolute Gasteiger partial charge is 0.437 e. The fraction of sp³-hybridized carbons (Fsp3) is 0.273. The third-order valence-corrected chi connectivity index (χ3v) is 2.24. The van der Waals surface area contributed by atoms with Crippen molar-refractivity contribution in [3.63, 3.8) is 0 Å². The van der Waals surface area contributed by atoms with Crippen LogP contribution in [0.25, 0.3) is 0 Å². The van der Waals surface area contributed by atoms with E-state index in [1.807, 2.05) is 5.16 Å². The van der Waals surface area contributed by atoms with Gasteiger partial charge in [-0.1, -0.05) is 29.4 Å². The highest BCUT2D eigenvalue weighted by molar-refractivity contribution is 6.07. The summed E-state index contributed by atoms with van der Waals surface area (Å²) in [4.78, 5) is 4.05. The van der Waals surface area contributed by atoms with Gasteiger partial charge in [-0.15, -0.1) is 0 Å². The number of halogens is 6. The molecule has 0 aliphatic rings. The number of hydrogen-bond acceptors (Lipinski definition) is 4. The van der Waals surface area contributed by atoms with E-state index < -0.39 is 34.9 Å². The quantitative estimate of drug-likeness (QED) is 0.487. The van der Waals surface area contributed by atoms with Gasteiger partial charge in [0, 0.05) is 11.1 Å². The van der Waals surface area contributed by atoms with E-state index in [1.54, 1.807) is 0 Å². The predicted molar refractivity (Wildman–Crippen MR) is 62.0 cm³/mol. The second-order valence-corrected chi connectivity index (χ2v) is 3.64. The number of hydrogen-bond donors (Lipinski definition) is 0. The molecule has 0 saturated heterocycles. The molecule has 116 valence electrons. The summed E-state index contributed by atoms with van der Waals surface area (Å²) in [5.74, 6) is 0. The minimum Gasteiger partial charge on any atom is -0.792 e. The first-order valence-electron chi connectivity index (χ1n) is 5.18. The van der Waals surface area contributed by atoms with E-state index in [0.29, 0.717) is 12.1 Å². The molecule has 10 heteroatoms. The molecule has 0 spiro atoms. The monoisotopic (exact) mass is 313 g/mol. The van der Waals surface area contributed by atoms with Gasteiger partial charge in [-0.25, -0.2) is 0 Å². The van der Waals surface area contributed by atoms with Crippen molar-refractivity contribution in [2.45, 2.75) is 12.4 Å². The molecule has 0 atom stereocenters. The van der Waals surface area contributed by atoms with Crippen molar-refractivity contribution in [1.29, 1.82) is 0 Å². The SMILES string of the molecule is CO/N=C(/c1ccc(/C(=N/[O-])C(F)(F)F)cc1)C(F)(F)F. The molecule has 1 rings (SSSR count). The van der Waals surface area contributed by atoms with Crippen LogP contribution in [-0.4, -0.2) is 30.9 Å². The Hall–Kier alpha value is -2.26. The summed E-state index contributed by atoms with van der Waals surface area (Å²) in [5.41, 5.74) is -4.31. The zero-order valence-electron chi connectivity index (χ0n) is 10.3. The highest BCUT2D eigenvalue weighted by Crippen LogP contribution is 2.26. The lowest BCUT2D eigenvalue weighted by atomic mass is 10.0. The van der Waals surface area contributed by atoms with Crippen LogP contribution in [0, 0.1) is 5.21 Å². The topological polar surface area (TPSA) is 57.0 Å². The third-order valence-electron chi connectivity index (χ3n) is 2.24. The Labute approximate surface area is 114 Å². The van der Waals surface area contributed by atoms with Gasteiger partial charge in [0.1, 0.15) is 12.8 Å². The Bertz CT molecular complexity index is 545. The van der Waals surface area contributed by atoms with Gasteiger partial charge in [-0.05, 0) is 0 Å². The van der Waals surface area contributed by atoms with Crippen LogP contribution < -0.4 is 0 Å². The summed E-state index contributed by atoms with van der Waals surface area (Å²) < 4.78 is 75.2. The Balaban J connectivity index is 3.22. The van der Waals surface area contributed by atoms with E-state index in [0.717, 1.165) is 19.2 Å². The highest BCUT2D eigenvalue weighted by atomic mass is 19.4. The van der Waals surface area contributed by atoms with Crippen molar-refractivity contribution >= 4 is 11.4 Å². The fourth-order valence-electron chi connectivity index (χ4n) is 1.41. The van der Waals surface area contributed by atoms with Crippen molar-refractivity contribution in [1.82, 2.24) is 0 Å². The maximum absolute atomic E-state index is 12.6. The predicted octanol–water partition coefficient (Wildman–Crippen LogP) is 3.45. The largest absolute Gasteiger partial charge is 0.792 e. The molecule has 0 bridgehead atoms. The van der Waals surface area contributed by atoms with Crippen LogP contribution in [0.3, 0.4) is 0 Å². The van der Waals surface area contributed by atoms with E-state index in [2.05, 4.69) is 9.99 Å². The molecule has 0 fully saturated rings. The minimum absolute atomic E-state index is 0.513. The molecular weight excluding hydrogens is 306 g/mol. The maximum atomic E-state index is 12.6. The molecule has 0 unspecified atom stereocenters. The first kappa shape index (κ1) is 16.8. The molecule has 0 radical (unpaired) electrons. The van der Waals surface area contributed by atoms with Crippen LogP contribution in [0.5, 0.6) is 0 Å². The zero-order valence-corrected chi connectivity index (χ0v) is 10.3. The lowest BCUT2D eigenvalue weighted by Crippen LogP contribution is -2.25. The van der Waals surface area contributed by atoms with Crippen LogP contribution in [0.15, 0.2) is 34.6 Å². The summed E-state index contributed by atoms with van der Waals surface area (Å²) in [6.45, 7) is 0. The number of oxime groups is 1. The van der Waals surface area contributed by atoms with Crippen LogP contribution in [-0.2, 0) is 4.84 Å². The van der Waals surface area contributed by atoms with Gasteiger partial charge in [0.25, 0.3) is 0 Å². The molecule has 1 aromatic rings. The molecule has 0 heterocycles. The van der Waals surface area contributed by atoms with E-state index in [-0.39, 0.29) is 0 Å². The van der Waals surface area contributed by atoms with Crippen LogP contribution in [0.2, 0.25) is 0 Å². The Morgan fingerprint density at radius 2 is 1.29 bits per heavy atom. The van der Waals surface area contributed by atoms with Gasteiger partial charge in [0.2, 0.25) is 0 Å². The second kappa shape index (κ2) is 6.02. The van der Waals surface area contributed by atoms with E-state index in [1.165, 1.54) is 0 Å². The van der Waals surface area contributed by atoms with Gasteiger partial charge in [-0.2, -0.15) is 26.3 Å². The van der Waals surface area contributed by atoms with E-state index in [9.17, 15) is 31.5 Å². The fourth-order valence-corrected chi connectivity index (χ4v) is 1.41. The van der Waals surface area contributed by atoms with Gasteiger partial charge < -0.3 is 15.2 Å². The number of rotatable bonds is 3. The van der Waals surface area contributed by atoms with Gasteiger partial charge in [-0.3, -0.25) is 0 Å². The summed E-state index contributed by atoms with van der Waals surface area (Å²) in [5, 5.41) is 14.8. The first-order chi connectivity index (χ1) is 9.61. The highest BCUT2D eigenvalue weighted by Gasteiger charge is 2.39. The normalized spacial score (nSPS) is 14.2. The first-order valence-corrected chi connectivity index (χ1v) is 5.18. The van der Waals surface area contributed by atoms with Crippen LogP contribution in [0.4, 0.5) is 26.3 Å². The van der Waals surface area contributed by atoms with Crippen LogP contribution in [0.1, 0.15) is 11.1 Å². The molecule has 1 aromatic carbocycles. The minimum atomic E-state index is -5.00. The van der Waals surface area contributed by atoms with Crippen LogP contribution >= 0.6 is 0 Å².